The highest BCUT2D eigenvalue weighted by molar-refractivity contribution is 7.00. The van der Waals surface area contributed by atoms with Crippen molar-refractivity contribution in [3.8, 4) is 55.9 Å². The van der Waals surface area contributed by atoms with Gasteiger partial charge in [-0.3, -0.25) is 0 Å². The van der Waals surface area contributed by atoms with Gasteiger partial charge in [-0.05, 0) is 279 Å². The van der Waals surface area contributed by atoms with Gasteiger partial charge in [-0.15, -0.1) is 0 Å². The zero-order chi connectivity index (χ0) is 106. The van der Waals surface area contributed by atoms with Gasteiger partial charge < -0.3 is 18.9 Å². The lowest BCUT2D eigenvalue weighted by atomic mass is 9.33. The lowest BCUT2D eigenvalue weighted by Crippen LogP contribution is -2.61. The van der Waals surface area contributed by atoms with E-state index in [4.69, 9.17) is 0 Å². The molecule has 0 unspecified atom stereocenters. The van der Waals surface area contributed by atoms with Crippen molar-refractivity contribution in [2.75, 3.05) is 9.80 Å². The number of hydrogen-bond acceptors (Lipinski definition) is 2. The predicted molar refractivity (Wildman–Crippen MR) is 550 cm³/mol. The Hall–Kier alpha value is -10.9. The standard InChI is InChI=1S/C121H137BN4/c1-113(2,3)70-77-36-32-40-84(56-77)94-60-81(74-117(13,14)15)61-95(85-41-33-37-78(57-85)71-114(4,5)6)111(94)125-106-68-90(123-102-46-30-28-44-92(102)98-66-88(120(22,23)24)48-54-104(98)123)50-52-100(106)122-101-53-51-91(124-103-47-31-29-45-93(103)99-67-89(121(25,26)27)49-55-105(99)124)69-107(101)126(109-65-83(76-119(19,20)21)64-108(125)110(109)122)112-96(86-42-34-38-79(58-86)72-115(7,8)9)62-82(75-118(16,17)18)63-97(112)87-43-35-39-80(59-87)73-116(10,11)12/h28-69H,70-76H2,1-27H3/i28D,29D,30D,31D,44D,45D,46D,47D,70D2,71D2,72D2,73D2,76D2. The molecule has 2 aromatic heterocycles. The van der Waals surface area contributed by atoms with Gasteiger partial charge in [-0.25, -0.2) is 0 Å². The van der Waals surface area contributed by atoms with Crippen molar-refractivity contribution in [2.24, 2.45) is 37.9 Å². The first kappa shape index (κ1) is 67.4. The molecule has 5 heteroatoms. The molecule has 4 heterocycles. The Labute approximate surface area is 781 Å². The zero-order valence-corrected chi connectivity index (χ0v) is 79.4. The van der Waals surface area contributed by atoms with E-state index in [9.17, 15) is 24.7 Å². The van der Waals surface area contributed by atoms with Crippen LogP contribution < -0.4 is 26.2 Å². The fraction of sp³-hybridized carbons (Fsp3) is 0.355. The summed E-state index contributed by atoms with van der Waals surface area (Å²) in [6.07, 6.45) is -9.04. The van der Waals surface area contributed by atoms with Crippen LogP contribution in [-0.2, 0) is 55.5 Å². The molecule has 0 fully saturated rings. The fourth-order valence-corrected chi connectivity index (χ4v) is 19.1. The van der Waals surface area contributed by atoms with Crippen LogP contribution in [0.5, 0.6) is 0 Å². The molecule has 0 saturated heterocycles. The number of benzene rings is 13. The third-order valence-corrected chi connectivity index (χ3v) is 23.6. The second-order valence-corrected chi connectivity index (χ2v) is 45.4. The SMILES string of the molecule is [2H]c1c([2H])c([2H])c2c(c1[2H])c1cc(C(C)(C)C)ccc1n2-c1ccc2c(c1)N(c1c(-c3cccc(C([2H])([2H])C(C)(C)C)c3)cc(CC(C)(C)C)cc1-c1cccc(C([2H])([2H])C(C)(C)C)c1)c1cc(C([2H])([2H])C(C)(C)C)cc3c1B2c1ccc(-n2c4ccc(C(C)(C)C)cc4c4c([2H])c([2H])c([2H])c([2H])c42)cc1N3c1c(-c2cccc(C([2H])([2H])C(C)(C)C)c2)cc(CC(C)(C)C)cc1-c1cccc(C([2H])([2H])C(C)(C)C)c1. The molecule has 644 valence electrons. The Morgan fingerprint density at radius 2 is 0.579 bits per heavy atom. The van der Waals surface area contributed by atoms with Gasteiger partial charge >= 0.3 is 0 Å². The van der Waals surface area contributed by atoms with E-state index < -0.39 is 101 Å². The van der Waals surface area contributed by atoms with Crippen LogP contribution in [0.4, 0.5) is 34.1 Å². The molecule has 2 aliphatic heterocycles. The number of aromatic nitrogens is 2. The summed E-state index contributed by atoms with van der Waals surface area (Å²) in [5.74, 6) is 0. The second kappa shape index (κ2) is 31.6. The Morgan fingerprint density at radius 1 is 0.270 bits per heavy atom. The largest absolute Gasteiger partial charge is 0.310 e. The van der Waals surface area contributed by atoms with Crippen molar-refractivity contribution in [1.29, 1.82) is 0 Å². The number of nitrogens with zero attached hydrogens (tertiary/aromatic N) is 4. The molecule has 0 aliphatic carbocycles. The Kier molecular flexibility index (Phi) is 16.9. The Morgan fingerprint density at radius 3 is 0.881 bits per heavy atom. The highest BCUT2D eigenvalue weighted by Gasteiger charge is 2.47. The molecular formula is C121H137BN4. The van der Waals surface area contributed by atoms with Gasteiger partial charge in [-0.2, -0.15) is 0 Å². The van der Waals surface area contributed by atoms with Crippen LogP contribution in [0.3, 0.4) is 0 Å². The molecule has 0 spiro atoms. The molecular weight excluding hydrogens is 1520 g/mol. The molecule has 2 aliphatic rings. The second-order valence-electron chi connectivity index (χ2n) is 45.4. The topological polar surface area (TPSA) is 16.3 Å². The van der Waals surface area contributed by atoms with Crippen LogP contribution in [-0.4, -0.2) is 15.8 Å². The van der Waals surface area contributed by atoms with Crippen LogP contribution in [0.1, 0.15) is 262 Å². The third kappa shape index (κ3) is 17.9. The molecule has 0 radical (unpaired) electrons. The number of para-hydroxylation sites is 2. The van der Waals surface area contributed by atoms with E-state index in [1.54, 1.807) is 0 Å². The lowest BCUT2D eigenvalue weighted by Gasteiger charge is -2.46. The maximum Gasteiger partial charge on any atom is 0.252 e. The number of hydrogen-bond donors (Lipinski definition) is 0. The van der Waals surface area contributed by atoms with Crippen molar-refractivity contribution >= 4 is 101 Å². The summed E-state index contributed by atoms with van der Waals surface area (Å²) in [5.41, 5.74) is 11.9. The van der Waals surface area contributed by atoms with Crippen molar-refractivity contribution < 1.29 is 24.7 Å². The molecule has 0 atom stereocenters. The molecule has 4 nitrogen and oxygen atoms in total. The molecule has 0 saturated carbocycles. The van der Waals surface area contributed by atoms with Gasteiger partial charge in [-0.1, -0.05) is 345 Å². The van der Waals surface area contributed by atoms with E-state index in [1.165, 1.54) is 0 Å². The molecule has 13 aromatic carbocycles. The smallest absolute Gasteiger partial charge is 0.252 e. The van der Waals surface area contributed by atoms with Crippen LogP contribution in [0.15, 0.2) is 255 Å². The Bertz CT molecular complexity index is 7180. The van der Waals surface area contributed by atoms with Crippen LogP contribution in [0.25, 0.3) is 99.5 Å². The van der Waals surface area contributed by atoms with E-state index in [0.29, 0.717) is 174 Å². The summed E-state index contributed by atoms with van der Waals surface area (Å²) >= 11 is 0. The molecule has 126 heavy (non-hydrogen) atoms. The zero-order valence-electron chi connectivity index (χ0n) is 97.4. The van der Waals surface area contributed by atoms with Crippen molar-refractivity contribution in [2.45, 2.75) is 242 Å². The first-order valence-corrected chi connectivity index (χ1v) is 45.2. The summed E-state index contributed by atoms with van der Waals surface area (Å²) in [7, 11) is 0. The molecule has 0 bridgehead atoms. The minimum absolute atomic E-state index is 0.214. The number of rotatable bonds is 15. The van der Waals surface area contributed by atoms with E-state index >= 15 is 0 Å². The van der Waals surface area contributed by atoms with E-state index in [0.717, 1.165) is 22.3 Å². The third-order valence-electron chi connectivity index (χ3n) is 23.6. The molecule has 0 amide bonds. The average molecular weight is 1680 g/mol. The number of anilines is 6. The minimum atomic E-state index is -2.30. The normalized spacial score (nSPS) is 16.3. The highest BCUT2D eigenvalue weighted by atomic mass is 15.2. The van der Waals surface area contributed by atoms with E-state index in [-0.39, 0.29) is 51.6 Å². The summed E-state index contributed by atoms with van der Waals surface area (Å²) < 4.78 is 187. The fourth-order valence-electron chi connectivity index (χ4n) is 19.1. The van der Waals surface area contributed by atoms with Gasteiger partial charge in [0.15, 0.2) is 0 Å². The number of fused-ring (bicyclic) bond motifs is 10. The van der Waals surface area contributed by atoms with Crippen molar-refractivity contribution in [1.82, 2.24) is 9.13 Å². The summed E-state index contributed by atoms with van der Waals surface area (Å²) in [4.78, 5) is 4.50. The maximum absolute atomic E-state index is 11.3. The minimum Gasteiger partial charge on any atom is -0.310 e. The molecule has 15 aromatic rings. The van der Waals surface area contributed by atoms with Crippen LogP contribution in [0.2, 0.25) is 0 Å². The summed E-state index contributed by atoms with van der Waals surface area (Å²) in [5, 5.41) is 1.84. The first-order chi connectivity index (χ1) is 66.2. The first-order valence-electron chi connectivity index (χ1n) is 54.2. The summed E-state index contributed by atoms with van der Waals surface area (Å²) in [6, 6.07) is 65.7. The van der Waals surface area contributed by atoms with Crippen LogP contribution >= 0.6 is 0 Å². The summed E-state index contributed by atoms with van der Waals surface area (Å²) in [6.45, 7) is 53.3. The van der Waals surface area contributed by atoms with Gasteiger partial charge in [0.2, 0.25) is 0 Å². The molecule has 17 rings (SSSR count). The monoisotopic (exact) mass is 1680 g/mol. The lowest BCUT2D eigenvalue weighted by molar-refractivity contribution is 0.410. The average Bonchev–Trinajstić information content (AvgIpc) is 0.966. The van der Waals surface area contributed by atoms with E-state index in [1.807, 2.05) is 259 Å². The van der Waals surface area contributed by atoms with Gasteiger partial charge in [0.1, 0.15) is 0 Å². The quantitative estimate of drug-likeness (QED) is 0.0951. The molecule has 0 N–H and O–H groups in total. The van der Waals surface area contributed by atoms with E-state index in [2.05, 4.69) is 154 Å². The van der Waals surface area contributed by atoms with Crippen molar-refractivity contribution in [3.63, 3.8) is 0 Å². The Balaban J connectivity index is 1.16. The highest BCUT2D eigenvalue weighted by Crippen LogP contribution is 2.56. The van der Waals surface area contributed by atoms with Crippen molar-refractivity contribution in [3.05, 3.63) is 305 Å². The maximum atomic E-state index is 11.3. The van der Waals surface area contributed by atoms with Gasteiger partial charge in [0.05, 0.1) is 44.4 Å². The predicted octanol–water partition coefficient (Wildman–Crippen LogP) is 32.3. The van der Waals surface area contributed by atoms with Crippen LogP contribution in [0, 0.1) is 37.9 Å². The van der Waals surface area contributed by atoms with Gasteiger partial charge in [0, 0.05) is 91.6 Å². The van der Waals surface area contributed by atoms with Gasteiger partial charge in [0.25, 0.3) is 6.71 Å².